The summed E-state index contributed by atoms with van der Waals surface area (Å²) >= 11 is 0. The highest BCUT2D eigenvalue weighted by Crippen LogP contribution is 2.32. The molecular weight excluding hydrogens is 216 g/mol. The topological polar surface area (TPSA) is 64.3 Å². The van der Waals surface area contributed by atoms with Gasteiger partial charge in [0.2, 0.25) is 5.91 Å². The van der Waals surface area contributed by atoms with Crippen LogP contribution in [-0.2, 0) is 9.53 Å². The lowest BCUT2D eigenvalue weighted by Gasteiger charge is -2.18. The summed E-state index contributed by atoms with van der Waals surface area (Å²) in [5.41, 5.74) is 5.81. The van der Waals surface area contributed by atoms with E-state index >= 15 is 0 Å². The van der Waals surface area contributed by atoms with Crippen LogP contribution in [0, 0.1) is 11.8 Å². The summed E-state index contributed by atoms with van der Waals surface area (Å²) in [7, 11) is 0. The van der Waals surface area contributed by atoms with Crippen molar-refractivity contribution in [3.05, 3.63) is 0 Å². The number of hydrogen-bond donors (Lipinski definition) is 2. The molecular formula is C13H26N2O2. The predicted molar refractivity (Wildman–Crippen MR) is 68.6 cm³/mol. The summed E-state index contributed by atoms with van der Waals surface area (Å²) in [6, 6.07) is 0.184. The quantitative estimate of drug-likeness (QED) is 0.763. The Balaban J connectivity index is 2.37. The standard InChI is InChI=1S/C13H26N2O2/c1-5-11(14)6-7-15-13(16)12-8(2)9(3)17-10(12)4/h8-12H,5-7,14H2,1-4H3,(H,15,16). The number of ether oxygens (including phenoxy) is 1. The van der Waals surface area contributed by atoms with Crippen molar-refractivity contribution in [3.63, 3.8) is 0 Å². The summed E-state index contributed by atoms with van der Waals surface area (Å²) in [4.78, 5) is 12.0. The Labute approximate surface area is 104 Å². The highest BCUT2D eigenvalue weighted by Gasteiger charge is 2.41. The van der Waals surface area contributed by atoms with Gasteiger partial charge in [-0.1, -0.05) is 13.8 Å². The Kier molecular flexibility index (Phi) is 5.40. The van der Waals surface area contributed by atoms with Crippen LogP contribution in [-0.4, -0.2) is 30.7 Å². The van der Waals surface area contributed by atoms with Gasteiger partial charge >= 0.3 is 0 Å². The zero-order chi connectivity index (χ0) is 13.0. The largest absolute Gasteiger partial charge is 0.374 e. The average molecular weight is 242 g/mol. The van der Waals surface area contributed by atoms with Gasteiger partial charge in [-0.2, -0.15) is 0 Å². The smallest absolute Gasteiger partial charge is 0.226 e. The monoisotopic (exact) mass is 242 g/mol. The van der Waals surface area contributed by atoms with Crippen LogP contribution >= 0.6 is 0 Å². The van der Waals surface area contributed by atoms with Crippen molar-refractivity contribution < 1.29 is 9.53 Å². The second kappa shape index (κ2) is 6.36. The van der Waals surface area contributed by atoms with Gasteiger partial charge in [0, 0.05) is 12.6 Å². The van der Waals surface area contributed by atoms with Crippen LogP contribution in [0.2, 0.25) is 0 Å². The van der Waals surface area contributed by atoms with Crippen LogP contribution in [0.1, 0.15) is 40.5 Å². The van der Waals surface area contributed by atoms with Gasteiger partial charge in [-0.25, -0.2) is 0 Å². The third-order valence-electron chi connectivity index (χ3n) is 3.88. The van der Waals surface area contributed by atoms with Crippen molar-refractivity contribution in [1.29, 1.82) is 0 Å². The van der Waals surface area contributed by atoms with E-state index in [0.717, 1.165) is 12.8 Å². The molecule has 0 aliphatic carbocycles. The fourth-order valence-electron chi connectivity index (χ4n) is 2.42. The van der Waals surface area contributed by atoms with E-state index in [9.17, 15) is 4.79 Å². The maximum absolute atomic E-state index is 12.0. The third kappa shape index (κ3) is 3.68. The van der Waals surface area contributed by atoms with E-state index in [1.54, 1.807) is 0 Å². The predicted octanol–water partition coefficient (Wildman–Crippen LogP) is 1.29. The van der Waals surface area contributed by atoms with E-state index in [-0.39, 0.29) is 36.0 Å². The normalized spacial score (nSPS) is 34.6. The Morgan fingerprint density at radius 2 is 2.00 bits per heavy atom. The lowest BCUT2D eigenvalue weighted by Crippen LogP contribution is -2.39. The third-order valence-corrected chi connectivity index (χ3v) is 3.88. The van der Waals surface area contributed by atoms with Gasteiger partial charge < -0.3 is 15.8 Å². The number of rotatable bonds is 5. The van der Waals surface area contributed by atoms with Crippen molar-refractivity contribution in [1.82, 2.24) is 5.32 Å². The molecule has 5 unspecified atom stereocenters. The van der Waals surface area contributed by atoms with E-state index < -0.39 is 0 Å². The van der Waals surface area contributed by atoms with Gasteiger partial charge in [0.15, 0.2) is 0 Å². The second-order valence-corrected chi connectivity index (χ2v) is 5.18. The minimum atomic E-state index is -0.0251. The van der Waals surface area contributed by atoms with Crippen LogP contribution in [0.4, 0.5) is 0 Å². The van der Waals surface area contributed by atoms with Crippen molar-refractivity contribution in [2.75, 3.05) is 6.54 Å². The zero-order valence-corrected chi connectivity index (χ0v) is 11.4. The molecule has 0 aromatic carbocycles. The average Bonchev–Trinajstić information content (AvgIpc) is 2.52. The number of carbonyl (C=O) groups excluding carboxylic acids is 1. The van der Waals surface area contributed by atoms with E-state index in [1.165, 1.54) is 0 Å². The first-order valence-corrected chi connectivity index (χ1v) is 6.66. The minimum absolute atomic E-state index is 0.0137. The first kappa shape index (κ1) is 14.5. The highest BCUT2D eigenvalue weighted by molar-refractivity contribution is 5.79. The van der Waals surface area contributed by atoms with Gasteiger partial charge in [0.05, 0.1) is 18.1 Å². The molecule has 5 atom stereocenters. The van der Waals surface area contributed by atoms with Gasteiger partial charge in [-0.15, -0.1) is 0 Å². The molecule has 0 aromatic rings. The molecule has 1 fully saturated rings. The summed E-state index contributed by atoms with van der Waals surface area (Å²) in [6.45, 7) is 8.81. The number of nitrogens with one attached hydrogen (secondary N) is 1. The molecule has 1 aliphatic rings. The summed E-state index contributed by atoms with van der Waals surface area (Å²) in [5, 5.41) is 2.97. The van der Waals surface area contributed by atoms with Crippen molar-refractivity contribution in [3.8, 4) is 0 Å². The second-order valence-electron chi connectivity index (χ2n) is 5.18. The molecule has 0 saturated carbocycles. The van der Waals surface area contributed by atoms with Crippen molar-refractivity contribution in [2.45, 2.75) is 58.8 Å². The molecule has 0 spiro atoms. The molecule has 1 rings (SSSR count). The van der Waals surface area contributed by atoms with Crippen LogP contribution in [0.25, 0.3) is 0 Å². The molecule has 0 bridgehead atoms. The molecule has 100 valence electrons. The summed E-state index contributed by atoms with van der Waals surface area (Å²) < 4.78 is 5.67. The number of nitrogens with two attached hydrogens (primary N) is 1. The molecule has 4 heteroatoms. The first-order valence-electron chi connectivity index (χ1n) is 6.66. The van der Waals surface area contributed by atoms with E-state index in [4.69, 9.17) is 10.5 Å². The fraction of sp³-hybridized carbons (Fsp3) is 0.923. The number of hydrogen-bond acceptors (Lipinski definition) is 3. The molecule has 4 nitrogen and oxygen atoms in total. The van der Waals surface area contributed by atoms with E-state index in [1.807, 2.05) is 13.8 Å². The number of amides is 1. The van der Waals surface area contributed by atoms with Crippen LogP contribution < -0.4 is 11.1 Å². The van der Waals surface area contributed by atoms with Gasteiger partial charge in [-0.05, 0) is 32.6 Å². The lowest BCUT2D eigenvalue weighted by molar-refractivity contribution is -0.127. The molecule has 0 radical (unpaired) electrons. The maximum atomic E-state index is 12.0. The van der Waals surface area contributed by atoms with Gasteiger partial charge in [0.1, 0.15) is 0 Å². The molecule has 1 amide bonds. The van der Waals surface area contributed by atoms with E-state index in [2.05, 4.69) is 19.2 Å². The fourth-order valence-corrected chi connectivity index (χ4v) is 2.42. The SMILES string of the molecule is CCC(N)CCNC(=O)C1C(C)OC(C)C1C. The Morgan fingerprint density at radius 1 is 1.35 bits per heavy atom. The highest BCUT2D eigenvalue weighted by atomic mass is 16.5. The molecule has 1 saturated heterocycles. The van der Waals surface area contributed by atoms with Crippen LogP contribution in [0.5, 0.6) is 0 Å². The van der Waals surface area contributed by atoms with Crippen LogP contribution in [0.3, 0.4) is 0 Å². The Bertz CT molecular complexity index is 258. The van der Waals surface area contributed by atoms with Crippen LogP contribution in [0.15, 0.2) is 0 Å². The summed E-state index contributed by atoms with van der Waals surface area (Å²) in [5.74, 6) is 0.366. The molecule has 3 N–H and O–H groups in total. The molecule has 1 aliphatic heterocycles. The molecule has 17 heavy (non-hydrogen) atoms. The minimum Gasteiger partial charge on any atom is -0.374 e. The van der Waals surface area contributed by atoms with Gasteiger partial charge in [0.25, 0.3) is 0 Å². The number of carbonyl (C=O) groups is 1. The molecule has 1 heterocycles. The Hall–Kier alpha value is -0.610. The summed E-state index contributed by atoms with van der Waals surface area (Å²) in [6.07, 6.45) is 1.97. The Morgan fingerprint density at radius 3 is 2.47 bits per heavy atom. The zero-order valence-electron chi connectivity index (χ0n) is 11.4. The van der Waals surface area contributed by atoms with E-state index in [0.29, 0.717) is 6.54 Å². The van der Waals surface area contributed by atoms with Crippen molar-refractivity contribution in [2.24, 2.45) is 17.6 Å². The first-order chi connectivity index (χ1) is 7.97. The lowest BCUT2D eigenvalue weighted by atomic mass is 9.89. The van der Waals surface area contributed by atoms with Gasteiger partial charge in [-0.3, -0.25) is 4.79 Å². The maximum Gasteiger partial charge on any atom is 0.226 e. The van der Waals surface area contributed by atoms with Crippen molar-refractivity contribution >= 4 is 5.91 Å². The molecule has 0 aromatic heterocycles.